The van der Waals surface area contributed by atoms with Crippen LogP contribution < -0.4 is 10.1 Å². The van der Waals surface area contributed by atoms with E-state index in [0.29, 0.717) is 27.7 Å². The molecule has 1 heterocycles. The van der Waals surface area contributed by atoms with Gasteiger partial charge < -0.3 is 15.2 Å². The van der Waals surface area contributed by atoms with Crippen molar-refractivity contribution >= 4 is 38.7 Å². The summed E-state index contributed by atoms with van der Waals surface area (Å²) in [5.74, 6) is -2.74. The van der Waals surface area contributed by atoms with E-state index in [0.717, 1.165) is 10.0 Å². The van der Waals surface area contributed by atoms with Gasteiger partial charge in [0.05, 0.1) is 16.8 Å². The van der Waals surface area contributed by atoms with Gasteiger partial charge in [0.1, 0.15) is 5.75 Å². The molecule has 0 aliphatic heterocycles. The standard InChI is InChI=1S/C29H24BrF3N2O4/c1-17-26(22-15-20(30)12-13-23(22)35-27(17)18-7-3-2-4-8-18)28(38)34-16-19(11-14-25(36)37)21-9-5-6-10-24(21)39-29(31,32)33/h2-10,12-13,15,19H,11,14,16H2,1H3,(H,34,38)(H,36,37)/t19-/m0/s1. The largest absolute Gasteiger partial charge is 0.573 e. The number of fused-ring (bicyclic) bond motifs is 1. The van der Waals surface area contributed by atoms with Gasteiger partial charge >= 0.3 is 12.3 Å². The van der Waals surface area contributed by atoms with E-state index >= 15 is 0 Å². The summed E-state index contributed by atoms with van der Waals surface area (Å²) in [6.45, 7) is 1.68. The monoisotopic (exact) mass is 600 g/mol. The molecule has 4 rings (SSSR count). The summed E-state index contributed by atoms with van der Waals surface area (Å²) >= 11 is 3.44. The van der Waals surface area contributed by atoms with E-state index in [-0.39, 0.29) is 24.9 Å². The van der Waals surface area contributed by atoms with Crippen LogP contribution in [0.1, 0.15) is 40.2 Å². The van der Waals surface area contributed by atoms with Crippen LogP contribution in [0.3, 0.4) is 0 Å². The highest BCUT2D eigenvalue weighted by Gasteiger charge is 2.33. The van der Waals surface area contributed by atoms with Crippen LogP contribution in [0.4, 0.5) is 13.2 Å². The lowest BCUT2D eigenvalue weighted by Gasteiger charge is -2.22. The first-order valence-corrected chi connectivity index (χ1v) is 12.8. The average molecular weight is 601 g/mol. The van der Waals surface area contributed by atoms with Gasteiger partial charge in [0.15, 0.2) is 0 Å². The Morgan fingerprint density at radius 2 is 1.74 bits per heavy atom. The van der Waals surface area contributed by atoms with Gasteiger partial charge in [-0.1, -0.05) is 64.5 Å². The molecule has 6 nitrogen and oxygen atoms in total. The van der Waals surface area contributed by atoms with Crippen LogP contribution in [0.25, 0.3) is 22.2 Å². The number of hydrogen-bond acceptors (Lipinski definition) is 4. The predicted octanol–water partition coefficient (Wildman–Crippen LogP) is 7.25. The molecule has 0 fully saturated rings. The Labute approximate surface area is 231 Å². The lowest BCUT2D eigenvalue weighted by Crippen LogP contribution is -2.30. The van der Waals surface area contributed by atoms with Gasteiger partial charge in [0, 0.05) is 34.3 Å². The number of nitrogens with one attached hydrogen (secondary N) is 1. The van der Waals surface area contributed by atoms with Crippen molar-refractivity contribution in [2.24, 2.45) is 0 Å². The summed E-state index contributed by atoms with van der Waals surface area (Å²) in [5, 5.41) is 12.7. The fraction of sp³-hybridized carbons (Fsp3) is 0.207. The van der Waals surface area contributed by atoms with E-state index in [1.807, 2.05) is 36.4 Å². The molecule has 0 aliphatic rings. The summed E-state index contributed by atoms with van der Waals surface area (Å²) in [6, 6.07) is 20.3. The number of para-hydroxylation sites is 1. The fourth-order valence-electron chi connectivity index (χ4n) is 4.51. The first kappa shape index (κ1) is 28.1. The maximum Gasteiger partial charge on any atom is 0.573 e. The number of carbonyl (C=O) groups excluding carboxylic acids is 1. The summed E-state index contributed by atoms with van der Waals surface area (Å²) < 4.78 is 44.1. The topological polar surface area (TPSA) is 88.5 Å². The zero-order valence-corrected chi connectivity index (χ0v) is 22.3. The van der Waals surface area contributed by atoms with E-state index in [4.69, 9.17) is 4.98 Å². The second-order valence-corrected chi connectivity index (χ2v) is 9.83. The summed E-state index contributed by atoms with van der Waals surface area (Å²) in [4.78, 5) is 29.8. The highest BCUT2D eigenvalue weighted by atomic mass is 79.9. The van der Waals surface area contributed by atoms with Gasteiger partial charge in [-0.15, -0.1) is 13.2 Å². The lowest BCUT2D eigenvalue weighted by molar-refractivity contribution is -0.275. The highest BCUT2D eigenvalue weighted by Crippen LogP contribution is 2.34. The zero-order chi connectivity index (χ0) is 28.2. The Hall–Kier alpha value is -3.92. The predicted molar refractivity (Wildman–Crippen MR) is 145 cm³/mol. The molecule has 0 saturated carbocycles. The first-order chi connectivity index (χ1) is 18.5. The van der Waals surface area contributed by atoms with Crippen LogP contribution >= 0.6 is 15.9 Å². The molecular formula is C29H24BrF3N2O4. The molecule has 0 aliphatic carbocycles. The Bertz CT molecular complexity index is 1510. The molecule has 10 heteroatoms. The maximum atomic E-state index is 13.7. The van der Waals surface area contributed by atoms with Gasteiger partial charge in [-0.2, -0.15) is 0 Å². The van der Waals surface area contributed by atoms with Gasteiger partial charge in [-0.3, -0.25) is 9.59 Å². The molecule has 0 bridgehead atoms. The van der Waals surface area contributed by atoms with Crippen molar-refractivity contribution in [3.05, 3.63) is 94.0 Å². The van der Waals surface area contributed by atoms with Crippen molar-refractivity contribution in [2.75, 3.05) is 6.54 Å². The highest BCUT2D eigenvalue weighted by molar-refractivity contribution is 9.10. The quantitative estimate of drug-likeness (QED) is 0.211. The van der Waals surface area contributed by atoms with Gasteiger partial charge in [0.2, 0.25) is 0 Å². The van der Waals surface area contributed by atoms with E-state index < -0.39 is 29.9 Å². The smallest absolute Gasteiger partial charge is 0.481 e. The van der Waals surface area contributed by atoms with Crippen molar-refractivity contribution in [1.82, 2.24) is 10.3 Å². The molecule has 0 saturated heterocycles. The van der Waals surface area contributed by atoms with Crippen molar-refractivity contribution in [3.63, 3.8) is 0 Å². The van der Waals surface area contributed by atoms with E-state index in [1.165, 1.54) is 18.2 Å². The zero-order valence-electron chi connectivity index (χ0n) is 20.8. The van der Waals surface area contributed by atoms with Crippen molar-refractivity contribution in [3.8, 4) is 17.0 Å². The van der Waals surface area contributed by atoms with E-state index in [2.05, 4.69) is 26.0 Å². The number of alkyl halides is 3. The van der Waals surface area contributed by atoms with Crippen LogP contribution in [0, 0.1) is 6.92 Å². The SMILES string of the molecule is Cc1c(-c2ccccc2)nc2ccc(Br)cc2c1C(=O)NC[C@H](CCC(=O)O)c1ccccc1OC(F)(F)F. The van der Waals surface area contributed by atoms with Crippen molar-refractivity contribution in [1.29, 1.82) is 0 Å². The molecule has 1 amide bonds. The number of hydrogen-bond donors (Lipinski definition) is 2. The number of amides is 1. The number of rotatable bonds is 9. The molecule has 0 unspecified atom stereocenters. The fourth-order valence-corrected chi connectivity index (χ4v) is 4.87. The van der Waals surface area contributed by atoms with Gasteiger partial charge in [-0.25, -0.2) is 4.98 Å². The lowest BCUT2D eigenvalue weighted by atomic mass is 9.92. The number of nitrogens with zero attached hydrogens (tertiary/aromatic N) is 1. The molecule has 0 spiro atoms. The Balaban J connectivity index is 1.71. The molecule has 2 N–H and O–H groups in total. The van der Waals surface area contributed by atoms with Crippen molar-refractivity contribution in [2.45, 2.75) is 32.0 Å². The second kappa shape index (κ2) is 11.9. The maximum absolute atomic E-state index is 13.7. The molecule has 0 radical (unpaired) electrons. The number of carbonyl (C=O) groups is 2. The number of aliphatic carboxylic acids is 1. The van der Waals surface area contributed by atoms with Gasteiger partial charge in [-0.05, 0) is 48.7 Å². The third kappa shape index (κ3) is 6.94. The van der Waals surface area contributed by atoms with Gasteiger partial charge in [0.25, 0.3) is 5.91 Å². The number of pyridine rings is 1. The van der Waals surface area contributed by atoms with Crippen LogP contribution in [-0.4, -0.2) is 34.9 Å². The molecule has 39 heavy (non-hydrogen) atoms. The van der Waals surface area contributed by atoms with Crippen LogP contribution in [0.2, 0.25) is 0 Å². The van der Waals surface area contributed by atoms with Crippen LogP contribution in [0.5, 0.6) is 5.75 Å². The Morgan fingerprint density at radius 3 is 2.44 bits per heavy atom. The third-order valence-electron chi connectivity index (χ3n) is 6.26. The molecular weight excluding hydrogens is 577 g/mol. The summed E-state index contributed by atoms with van der Waals surface area (Å²) in [6.07, 6.45) is -5.24. The number of aromatic nitrogens is 1. The Morgan fingerprint density at radius 1 is 1.05 bits per heavy atom. The second-order valence-electron chi connectivity index (χ2n) is 8.91. The average Bonchev–Trinajstić information content (AvgIpc) is 2.88. The van der Waals surface area contributed by atoms with Crippen LogP contribution in [-0.2, 0) is 4.79 Å². The minimum atomic E-state index is -4.93. The van der Waals surface area contributed by atoms with Crippen molar-refractivity contribution < 1.29 is 32.6 Å². The molecule has 202 valence electrons. The minimum Gasteiger partial charge on any atom is -0.481 e. The first-order valence-electron chi connectivity index (χ1n) is 12.0. The summed E-state index contributed by atoms with van der Waals surface area (Å²) in [7, 11) is 0. The van der Waals surface area contributed by atoms with E-state index in [1.54, 1.807) is 25.1 Å². The Kier molecular flexibility index (Phi) is 8.54. The van der Waals surface area contributed by atoms with Crippen LogP contribution in [0.15, 0.2) is 77.3 Å². The number of benzene rings is 3. The number of carboxylic acids is 1. The molecule has 1 aromatic heterocycles. The molecule has 3 aromatic carbocycles. The molecule has 1 atom stereocenters. The minimum absolute atomic E-state index is 0.00919. The number of halogens is 4. The number of ether oxygens (including phenoxy) is 1. The third-order valence-corrected chi connectivity index (χ3v) is 6.76. The summed E-state index contributed by atoms with van der Waals surface area (Å²) in [5.41, 5.74) is 3.21. The number of carboxylic acid groups (broad SMARTS) is 1. The van der Waals surface area contributed by atoms with E-state index in [9.17, 15) is 27.9 Å². The normalized spacial score (nSPS) is 12.2. The molecule has 4 aromatic rings.